The van der Waals surface area contributed by atoms with E-state index in [1.54, 1.807) is 17.2 Å². The Bertz CT molecular complexity index is 1030. The van der Waals surface area contributed by atoms with Crippen molar-refractivity contribution in [3.8, 4) is 0 Å². The number of aromatic amines is 1. The smallest absolute Gasteiger partial charge is 0.412 e. The molecule has 1 fully saturated rings. The number of hydrogen-bond acceptors (Lipinski definition) is 4. The number of fused-ring (bicyclic) bond motifs is 1. The molecule has 0 bridgehead atoms. The Hall–Kier alpha value is -3.42. The van der Waals surface area contributed by atoms with Crippen molar-refractivity contribution in [1.82, 2.24) is 15.1 Å². The Labute approximate surface area is 154 Å². The Kier molecular flexibility index (Phi) is 4.23. The van der Waals surface area contributed by atoms with Gasteiger partial charge in [-0.1, -0.05) is 6.07 Å². The molecule has 27 heavy (non-hydrogen) atoms. The minimum atomic E-state index is -0.677. The predicted molar refractivity (Wildman–Crippen MR) is 97.0 cm³/mol. The van der Waals surface area contributed by atoms with Gasteiger partial charge in [0.2, 0.25) is 0 Å². The molecule has 138 valence electrons. The number of aryl methyl sites for hydroxylation is 1. The van der Waals surface area contributed by atoms with Crippen LogP contribution >= 0.6 is 0 Å². The zero-order valence-electron chi connectivity index (χ0n) is 14.5. The van der Waals surface area contributed by atoms with E-state index in [0.29, 0.717) is 29.9 Å². The fourth-order valence-corrected chi connectivity index (χ4v) is 3.09. The fraction of sp³-hybridized carbons (Fsp3) is 0.211. The SMILES string of the molecule is Cc1cc(C(=O)N2CC(OC(=O)Nc3cccc(F)c3)C2)c2[nH]ncc2c1. The Morgan fingerprint density at radius 1 is 1.30 bits per heavy atom. The number of carbonyl (C=O) groups excluding carboxylic acids is 2. The Balaban J connectivity index is 1.35. The van der Waals surface area contributed by atoms with E-state index in [2.05, 4.69) is 15.5 Å². The molecule has 0 radical (unpaired) electrons. The summed E-state index contributed by atoms with van der Waals surface area (Å²) < 4.78 is 18.4. The van der Waals surface area contributed by atoms with E-state index in [1.165, 1.54) is 18.2 Å². The maximum Gasteiger partial charge on any atom is 0.412 e. The van der Waals surface area contributed by atoms with Gasteiger partial charge in [0, 0.05) is 11.1 Å². The van der Waals surface area contributed by atoms with Gasteiger partial charge in [-0.3, -0.25) is 15.2 Å². The second-order valence-electron chi connectivity index (χ2n) is 6.52. The number of halogens is 1. The van der Waals surface area contributed by atoms with Crippen molar-refractivity contribution in [3.05, 3.63) is 59.5 Å². The first-order valence-corrected chi connectivity index (χ1v) is 8.46. The lowest BCUT2D eigenvalue weighted by Gasteiger charge is -2.38. The van der Waals surface area contributed by atoms with Crippen LogP contribution in [0.3, 0.4) is 0 Å². The van der Waals surface area contributed by atoms with Crippen LogP contribution in [-0.2, 0) is 4.74 Å². The van der Waals surface area contributed by atoms with Crippen molar-refractivity contribution in [3.63, 3.8) is 0 Å². The number of amides is 2. The quantitative estimate of drug-likeness (QED) is 0.744. The zero-order valence-corrected chi connectivity index (χ0v) is 14.5. The van der Waals surface area contributed by atoms with Gasteiger partial charge in [-0.25, -0.2) is 9.18 Å². The standard InChI is InChI=1S/C19H17FN4O3/c1-11-5-12-8-21-23-17(12)16(6-11)18(25)24-9-15(10-24)27-19(26)22-14-4-2-3-13(20)7-14/h2-8,15H,9-10H2,1H3,(H,21,23)(H,22,26). The van der Waals surface area contributed by atoms with E-state index >= 15 is 0 Å². The van der Waals surface area contributed by atoms with Gasteiger partial charge in [0.1, 0.15) is 11.9 Å². The second kappa shape index (κ2) is 6.71. The number of likely N-dealkylation sites (tertiary alicyclic amines) is 1. The average Bonchev–Trinajstić information content (AvgIpc) is 3.04. The number of H-pyrrole nitrogens is 1. The molecule has 2 heterocycles. The third kappa shape index (κ3) is 3.46. The van der Waals surface area contributed by atoms with Gasteiger partial charge in [0.15, 0.2) is 0 Å². The summed E-state index contributed by atoms with van der Waals surface area (Å²) in [5.41, 5.74) is 2.52. The maximum absolute atomic E-state index is 13.1. The van der Waals surface area contributed by atoms with Crippen LogP contribution in [0.25, 0.3) is 10.9 Å². The Morgan fingerprint density at radius 2 is 2.11 bits per heavy atom. The number of aromatic nitrogens is 2. The summed E-state index contributed by atoms with van der Waals surface area (Å²) in [4.78, 5) is 26.2. The molecule has 4 rings (SSSR count). The highest BCUT2D eigenvalue weighted by Crippen LogP contribution is 2.23. The number of rotatable bonds is 3. The van der Waals surface area contributed by atoms with Crippen molar-refractivity contribution >= 4 is 28.6 Å². The van der Waals surface area contributed by atoms with Crippen LogP contribution in [-0.4, -0.2) is 46.3 Å². The molecule has 0 atom stereocenters. The van der Waals surface area contributed by atoms with Gasteiger partial charge in [0.05, 0.1) is 30.4 Å². The maximum atomic E-state index is 13.1. The molecule has 0 unspecified atom stereocenters. The number of carbonyl (C=O) groups is 2. The molecule has 2 amide bonds. The molecular weight excluding hydrogens is 351 g/mol. The highest BCUT2D eigenvalue weighted by molar-refractivity contribution is 6.06. The van der Waals surface area contributed by atoms with Gasteiger partial charge < -0.3 is 9.64 Å². The van der Waals surface area contributed by atoms with Crippen molar-refractivity contribution in [2.24, 2.45) is 0 Å². The summed E-state index contributed by atoms with van der Waals surface area (Å²) >= 11 is 0. The van der Waals surface area contributed by atoms with Crippen LogP contribution in [0.2, 0.25) is 0 Å². The minimum Gasteiger partial charge on any atom is -0.442 e. The molecule has 0 aliphatic carbocycles. The molecule has 1 saturated heterocycles. The van der Waals surface area contributed by atoms with E-state index in [0.717, 1.165) is 10.9 Å². The van der Waals surface area contributed by atoms with Gasteiger partial charge in [-0.05, 0) is 42.8 Å². The largest absolute Gasteiger partial charge is 0.442 e. The van der Waals surface area contributed by atoms with Crippen LogP contribution < -0.4 is 5.32 Å². The van der Waals surface area contributed by atoms with E-state index in [4.69, 9.17) is 4.74 Å². The van der Waals surface area contributed by atoms with Crippen LogP contribution in [0.15, 0.2) is 42.6 Å². The molecule has 3 aromatic rings. The molecule has 1 aromatic heterocycles. The molecular formula is C19H17FN4O3. The van der Waals surface area contributed by atoms with E-state index in [-0.39, 0.29) is 5.91 Å². The zero-order chi connectivity index (χ0) is 19.0. The molecule has 0 spiro atoms. The molecule has 2 aromatic carbocycles. The van der Waals surface area contributed by atoms with Crippen LogP contribution in [0.1, 0.15) is 15.9 Å². The average molecular weight is 368 g/mol. The van der Waals surface area contributed by atoms with E-state index < -0.39 is 18.0 Å². The van der Waals surface area contributed by atoms with E-state index in [1.807, 2.05) is 19.1 Å². The van der Waals surface area contributed by atoms with Gasteiger partial charge >= 0.3 is 6.09 Å². The summed E-state index contributed by atoms with van der Waals surface area (Å²) in [7, 11) is 0. The predicted octanol–water partition coefficient (Wildman–Crippen LogP) is 3.08. The van der Waals surface area contributed by atoms with Gasteiger partial charge in [-0.15, -0.1) is 0 Å². The van der Waals surface area contributed by atoms with Gasteiger partial charge in [-0.2, -0.15) is 5.10 Å². The molecule has 8 heteroatoms. The number of ether oxygens (including phenoxy) is 1. The first-order chi connectivity index (χ1) is 13.0. The molecule has 1 aliphatic rings. The van der Waals surface area contributed by atoms with Crippen molar-refractivity contribution in [2.75, 3.05) is 18.4 Å². The number of anilines is 1. The number of benzene rings is 2. The fourth-order valence-electron chi connectivity index (χ4n) is 3.09. The minimum absolute atomic E-state index is 0.140. The third-order valence-electron chi connectivity index (χ3n) is 4.40. The first kappa shape index (κ1) is 17.0. The van der Waals surface area contributed by atoms with Crippen LogP contribution in [0, 0.1) is 12.7 Å². The normalized spacial score (nSPS) is 14.1. The summed E-state index contributed by atoms with van der Waals surface area (Å²) in [5.74, 6) is -0.588. The highest BCUT2D eigenvalue weighted by Gasteiger charge is 2.34. The van der Waals surface area contributed by atoms with E-state index in [9.17, 15) is 14.0 Å². The topological polar surface area (TPSA) is 87.3 Å². The van der Waals surface area contributed by atoms with Crippen LogP contribution in [0.4, 0.5) is 14.9 Å². The molecule has 1 aliphatic heterocycles. The lowest BCUT2D eigenvalue weighted by atomic mass is 10.0. The third-order valence-corrected chi connectivity index (χ3v) is 4.40. The summed E-state index contributed by atoms with van der Waals surface area (Å²) in [6.07, 6.45) is 0.603. The number of nitrogens with zero attached hydrogens (tertiary/aromatic N) is 2. The highest BCUT2D eigenvalue weighted by atomic mass is 19.1. The second-order valence-corrected chi connectivity index (χ2v) is 6.52. The molecule has 0 saturated carbocycles. The molecule has 2 N–H and O–H groups in total. The molecule has 7 nitrogen and oxygen atoms in total. The number of hydrogen-bond donors (Lipinski definition) is 2. The first-order valence-electron chi connectivity index (χ1n) is 8.46. The summed E-state index contributed by atoms with van der Waals surface area (Å²) in [5, 5.41) is 10.2. The lowest BCUT2D eigenvalue weighted by molar-refractivity contribution is -0.00195. The van der Waals surface area contributed by atoms with Crippen LogP contribution in [0.5, 0.6) is 0 Å². The summed E-state index contributed by atoms with van der Waals surface area (Å²) in [6.45, 7) is 2.53. The summed E-state index contributed by atoms with van der Waals surface area (Å²) in [6, 6.07) is 9.31. The van der Waals surface area contributed by atoms with Crippen molar-refractivity contribution in [2.45, 2.75) is 13.0 Å². The monoisotopic (exact) mass is 368 g/mol. The lowest BCUT2D eigenvalue weighted by Crippen LogP contribution is -2.55. The van der Waals surface area contributed by atoms with Gasteiger partial charge in [0.25, 0.3) is 5.91 Å². The Morgan fingerprint density at radius 3 is 2.89 bits per heavy atom. The van der Waals surface area contributed by atoms with Crippen molar-refractivity contribution in [1.29, 1.82) is 0 Å². The number of nitrogens with one attached hydrogen (secondary N) is 2. The van der Waals surface area contributed by atoms with Crippen molar-refractivity contribution < 1.29 is 18.7 Å².